The molecule has 4 aromatic rings. The first kappa shape index (κ1) is 26.3. The first-order valence-electron chi connectivity index (χ1n) is 11.7. The number of aliphatic hydroxyl groups excluding tert-OH is 1. The van der Waals surface area contributed by atoms with Crippen molar-refractivity contribution >= 4 is 24.3 Å². The molecule has 0 fully saturated rings. The van der Waals surface area contributed by atoms with E-state index in [2.05, 4.69) is 37.3 Å². The van der Waals surface area contributed by atoms with Gasteiger partial charge in [0.2, 0.25) is 0 Å². The van der Waals surface area contributed by atoms with Crippen LogP contribution in [0.15, 0.2) is 84.9 Å². The van der Waals surface area contributed by atoms with Gasteiger partial charge in [-0.05, 0) is 72.0 Å². The number of methoxy groups -OCH3 is 1. The number of hydrogen-bond donors (Lipinski definition) is 3. The average Bonchev–Trinajstić information content (AvgIpc) is 2.87. The molecular weight excluding hydrogens is 448 g/mol. The fourth-order valence-corrected chi connectivity index (χ4v) is 3.45. The van der Waals surface area contributed by atoms with Crippen LogP contribution in [0.5, 0.6) is 17.2 Å². The third-order valence-corrected chi connectivity index (χ3v) is 5.42. The van der Waals surface area contributed by atoms with Crippen molar-refractivity contribution in [2.24, 2.45) is 0 Å². The molecule has 0 radical (unpaired) electrons. The Morgan fingerprint density at radius 3 is 1.47 bits per heavy atom. The molecule has 4 rings (SSSR count). The van der Waals surface area contributed by atoms with E-state index in [-0.39, 0.29) is 18.1 Å². The first-order chi connectivity index (χ1) is 17.3. The molecule has 4 nitrogen and oxygen atoms in total. The summed E-state index contributed by atoms with van der Waals surface area (Å²) in [6.07, 6.45) is 7.86. The Morgan fingerprint density at radius 1 is 0.583 bits per heavy atom. The molecule has 4 aromatic carbocycles. The number of benzene rings is 4. The van der Waals surface area contributed by atoms with Crippen molar-refractivity contribution < 1.29 is 20.1 Å². The van der Waals surface area contributed by atoms with Crippen LogP contribution in [-0.2, 0) is 6.61 Å². The highest BCUT2D eigenvalue weighted by Crippen LogP contribution is 2.22. The molecule has 0 aliphatic heterocycles. The summed E-state index contributed by atoms with van der Waals surface area (Å²) in [5, 5.41) is 27.9. The van der Waals surface area contributed by atoms with E-state index in [1.54, 1.807) is 19.2 Å². The average molecular weight is 481 g/mol. The molecule has 0 saturated carbocycles. The summed E-state index contributed by atoms with van der Waals surface area (Å²) in [6.45, 7) is 4.13. The van der Waals surface area contributed by atoms with Gasteiger partial charge in [-0.2, -0.15) is 0 Å². The van der Waals surface area contributed by atoms with Crippen LogP contribution in [0.4, 0.5) is 0 Å². The Bertz CT molecular complexity index is 1280. The topological polar surface area (TPSA) is 69.9 Å². The highest BCUT2D eigenvalue weighted by Gasteiger charge is 1.99. The summed E-state index contributed by atoms with van der Waals surface area (Å²) in [6, 6.07) is 26.7. The van der Waals surface area contributed by atoms with Crippen molar-refractivity contribution in [1.82, 2.24) is 0 Å². The maximum Gasteiger partial charge on any atom is 0.119 e. The molecular formula is C32H32O4. The standard InChI is InChI=1S/C17H18O2.C15H14O2/c1-13-3-5-14(6-4-13)7-8-15-9-16(12-18)11-17(10-15)19-2;1-11-2-4-12(5-3-11)6-7-13-8-14(16)10-15(17)9-13/h3-11,18H,12H2,1-2H3;2-10,16-17H,1H3/b8-7+;7-6+. The van der Waals surface area contributed by atoms with E-state index in [0.29, 0.717) is 0 Å². The molecule has 0 bridgehead atoms. The van der Waals surface area contributed by atoms with Gasteiger partial charge in [0.1, 0.15) is 17.2 Å². The van der Waals surface area contributed by atoms with E-state index < -0.39 is 0 Å². The molecule has 4 heteroatoms. The van der Waals surface area contributed by atoms with Gasteiger partial charge in [0, 0.05) is 6.07 Å². The Labute approximate surface area is 213 Å². The fraction of sp³-hybridized carbons (Fsp3) is 0.125. The number of ether oxygens (including phenoxy) is 1. The van der Waals surface area contributed by atoms with Gasteiger partial charge in [-0.3, -0.25) is 0 Å². The van der Waals surface area contributed by atoms with Crippen LogP contribution >= 0.6 is 0 Å². The predicted octanol–water partition coefficient (Wildman–Crippen LogP) is 7.24. The van der Waals surface area contributed by atoms with Gasteiger partial charge >= 0.3 is 0 Å². The summed E-state index contributed by atoms with van der Waals surface area (Å²) in [7, 11) is 1.63. The van der Waals surface area contributed by atoms with E-state index in [0.717, 1.165) is 33.6 Å². The van der Waals surface area contributed by atoms with Crippen LogP contribution in [0.3, 0.4) is 0 Å². The van der Waals surface area contributed by atoms with Crippen LogP contribution in [0.2, 0.25) is 0 Å². The maximum atomic E-state index is 9.33. The van der Waals surface area contributed by atoms with Crippen molar-refractivity contribution in [1.29, 1.82) is 0 Å². The fourth-order valence-electron chi connectivity index (χ4n) is 3.45. The maximum absolute atomic E-state index is 9.33. The molecule has 0 heterocycles. The van der Waals surface area contributed by atoms with E-state index in [1.165, 1.54) is 17.2 Å². The lowest BCUT2D eigenvalue weighted by atomic mass is 10.1. The summed E-state index contributed by atoms with van der Waals surface area (Å²) >= 11 is 0. The molecule has 184 valence electrons. The zero-order valence-electron chi connectivity index (χ0n) is 20.8. The zero-order chi connectivity index (χ0) is 25.9. The Hall–Kier alpha value is -4.28. The quantitative estimate of drug-likeness (QED) is 0.254. The molecule has 0 aromatic heterocycles. The lowest BCUT2D eigenvalue weighted by molar-refractivity contribution is 0.281. The largest absolute Gasteiger partial charge is 0.508 e. The summed E-state index contributed by atoms with van der Waals surface area (Å²) < 4.78 is 5.22. The Kier molecular flexibility index (Phi) is 9.49. The molecule has 3 N–H and O–H groups in total. The van der Waals surface area contributed by atoms with Crippen LogP contribution < -0.4 is 4.74 Å². The molecule has 36 heavy (non-hydrogen) atoms. The van der Waals surface area contributed by atoms with E-state index in [1.807, 2.05) is 67.6 Å². The smallest absolute Gasteiger partial charge is 0.119 e. The highest BCUT2D eigenvalue weighted by atomic mass is 16.5. The summed E-state index contributed by atoms with van der Waals surface area (Å²) in [5.74, 6) is 0.886. The second kappa shape index (κ2) is 13.0. The minimum Gasteiger partial charge on any atom is -0.508 e. The molecule has 0 aliphatic rings. The van der Waals surface area contributed by atoms with Crippen LogP contribution in [0, 0.1) is 13.8 Å². The minimum absolute atomic E-state index is 0.0164. The third kappa shape index (κ3) is 8.49. The molecule has 0 spiro atoms. The van der Waals surface area contributed by atoms with Crippen LogP contribution in [0.1, 0.15) is 38.9 Å². The van der Waals surface area contributed by atoms with E-state index in [9.17, 15) is 15.3 Å². The van der Waals surface area contributed by atoms with Crippen molar-refractivity contribution in [2.45, 2.75) is 20.5 Å². The first-order valence-corrected chi connectivity index (χ1v) is 11.7. The summed E-state index contributed by atoms with van der Waals surface area (Å²) in [4.78, 5) is 0. The molecule has 0 aliphatic carbocycles. The third-order valence-electron chi connectivity index (χ3n) is 5.42. The van der Waals surface area contributed by atoms with Crippen molar-refractivity contribution in [3.63, 3.8) is 0 Å². The SMILES string of the molecule is COc1cc(/C=C/c2ccc(C)cc2)cc(CO)c1.Cc1ccc(/C=C/c2cc(O)cc(O)c2)cc1. The second-order valence-electron chi connectivity index (χ2n) is 8.54. The van der Waals surface area contributed by atoms with Gasteiger partial charge in [0.05, 0.1) is 13.7 Å². The number of aryl methyl sites for hydroxylation is 2. The van der Waals surface area contributed by atoms with Gasteiger partial charge in [-0.1, -0.05) is 84.0 Å². The van der Waals surface area contributed by atoms with Gasteiger partial charge < -0.3 is 20.1 Å². The normalized spacial score (nSPS) is 10.9. The minimum atomic E-state index is 0.0164. The number of rotatable bonds is 6. The van der Waals surface area contributed by atoms with Gasteiger partial charge in [0.15, 0.2) is 0 Å². The van der Waals surface area contributed by atoms with Gasteiger partial charge in [-0.15, -0.1) is 0 Å². The molecule has 0 saturated heterocycles. The lowest BCUT2D eigenvalue weighted by Gasteiger charge is -2.04. The number of aromatic hydroxyl groups is 2. The number of hydrogen-bond acceptors (Lipinski definition) is 4. The Morgan fingerprint density at radius 2 is 1.03 bits per heavy atom. The van der Waals surface area contributed by atoms with Gasteiger partial charge in [-0.25, -0.2) is 0 Å². The predicted molar refractivity (Wildman–Crippen MR) is 149 cm³/mol. The number of aliphatic hydroxyl groups is 1. The van der Waals surface area contributed by atoms with Crippen LogP contribution in [0.25, 0.3) is 24.3 Å². The highest BCUT2D eigenvalue weighted by molar-refractivity contribution is 5.71. The lowest BCUT2D eigenvalue weighted by Crippen LogP contribution is -1.89. The number of phenols is 2. The van der Waals surface area contributed by atoms with E-state index >= 15 is 0 Å². The zero-order valence-corrected chi connectivity index (χ0v) is 20.8. The molecule has 0 atom stereocenters. The molecule has 0 unspecified atom stereocenters. The van der Waals surface area contributed by atoms with E-state index in [4.69, 9.17) is 4.74 Å². The monoisotopic (exact) mass is 480 g/mol. The Balaban J connectivity index is 0.000000202. The van der Waals surface area contributed by atoms with Crippen LogP contribution in [-0.4, -0.2) is 22.4 Å². The second-order valence-corrected chi connectivity index (χ2v) is 8.54. The molecule has 0 amide bonds. The van der Waals surface area contributed by atoms with Crippen molar-refractivity contribution in [3.8, 4) is 17.2 Å². The van der Waals surface area contributed by atoms with Crippen molar-refractivity contribution in [2.75, 3.05) is 7.11 Å². The van der Waals surface area contributed by atoms with Crippen molar-refractivity contribution in [3.05, 3.63) is 124 Å². The summed E-state index contributed by atoms with van der Waals surface area (Å²) in [5.41, 5.74) is 7.34. The van der Waals surface area contributed by atoms with Gasteiger partial charge in [0.25, 0.3) is 0 Å². The number of phenolic OH excluding ortho intramolecular Hbond substituents is 2.